The van der Waals surface area contributed by atoms with Gasteiger partial charge < -0.3 is 10.6 Å². The van der Waals surface area contributed by atoms with Crippen LogP contribution in [0.25, 0.3) is 0 Å². The van der Waals surface area contributed by atoms with E-state index in [-0.39, 0.29) is 19.0 Å². The van der Waals surface area contributed by atoms with E-state index < -0.39 is 15.0 Å². The van der Waals surface area contributed by atoms with Gasteiger partial charge in [0.25, 0.3) is 0 Å². The fourth-order valence-electron chi connectivity index (χ4n) is 2.08. The normalized spacial score (nSPS) is 41.6. The van der Waals surface area contributed by atoms with E-state index in [0.29, 0.717) is 13.1 Å². The molecule has 0 amide bonds. The first-order chi connectivity index (χ1) is 5.56. The van der Waals surface area contributed by atoms with E-state index in [1.807, 2.05) is 0 Å². The molecule has 70 valence electrons. The third kappa shape index (κ3) is 0.915. The molecule has 0 saturated carbocycles. The highest BCUT2D eigenvalue weighted by Crippen LogP contribution is 2.34. The molecule has 0 aliphatic carbocycles. The molecule has 0 atom stereocenters. The summed E-state index contributed by atoms with van der Waals surface area (Å²) in [4.78, 5) is 0. The van der Waals surface area contributed by atoms with Crippen LogP contribution in [0.15, 0.2) is 0 Å². The minimum absolute atomic E-state index is 0.104. The van der Waals surface area contributed by atoms with Crippen molar-refractivity contribution in [3.05, 3.63) is 0 Å². The predicted octanol–water partition coefficient (Wildman–Crippen LogP) is -1.15. The number of hydrogen-bond acceptors (Lipinski definition) is 4. The number of fused-ring (bicyclic) bond motifs is 1. The first-order valence-electron chi connectivity index (χ1n) is 3.92. The van der Waals surface area contributed by atoms with Gasteiger partial charge in [-0.3, -0.25) is 0 Å². The number of nitrogens with one attached hydrogen (secondary N) is 2. The van der Waals surface area contributed by atoms with Crippen molar-refractivity contribution in [2.45, 2.75) is 4.75 Å². The summed E-state index contributed by atoms with van der Waals surface area (Å²) in [7, 11) is -4.43. The summed E-state index contributed by atoms with van der Waals surface area (Å²) in [6.07, 6.45) is 0. The van der Waals surface area contributed by atoms with Crippen molar-refractivity contribution in [1.82, 2.24) is 10.6 Å². The lowest BCUT2D eigenvalue weighted by atomic mass is 10.00. The first-order valence-corrected chi connectivity index (χ1v) is 5.30. The predicted molar refractivity (Wildman–Crippen MR) is 42.0 cm³/mol. The highest BCUT2D eigenvalue weighted by molar-refractivity contribution is 7.87. The molecular weight excluding hydrogens is 183 g/mol. The fourth-order valence-corrected chi connectivity index (χ4v) is 3.20. The van der Waals surface area contributed by atoms with Crippen LogP contribution in [0.5, 0.6) is 0 Å². The Bertz CT molecular complexity index is 280. The van der Waals surface area contributed by atoms with Crippen LogP contribution in [0.1, 0.15) is 0 Å². The molecule has 4 nitrogen and oxygen atoms in total. The van der Waals surface area contributed by atoms with Gasteiger partial charge in [-0.25, -0.2) is 0 Å². The molecule has 2 fully saturated rings. The zero-order chi connectivity index (χ0) is 8.82. The maximum Gasteiger partial charge on any atom is 0.311 e. The van der Waals surface area contributed by atoms with Gasteiger partial charge in [0.1, 0.15) is 4.75 Å². The van der Waals surface area contributed by atoms with E-state index in [0.717, 1.165) is 0 Å². The maximum atomic E-state index is 12.9. The molecule has 12 heavy (non-hydrogen) atoms. The van der Waals surface area contributed by atoms with Crippen LogP contribution in [0.2, 0.25) is 0 Å². The van der Waals surface area contributed by atoms with Gasteiger partial charge in [-0.05, 0) is 0 Å². The van der Waals surface area contributed by atoms with E-state index in [1.54, 1.807) is 0 Å². The topological polar surface area (TPSA) is 58.2 Å². The third-order valence-electron chi connectivity index (χ3n) is 2.86. The quantitative estimate of drug-likeness (QED) is 0.517. The molecule has 2 saturated heterocycles. The number of hydrogen-bond donors (Lipinski definition) is 2. The van der Waals surface area contributed by atoms with Gasteiger partial charge in [-0.15, -0.1) is 3.89 Å². The maximum absolute atomic E-state index is 12.9. The molecule has 0 spiro atoms. The first kappa shape index (κ1) is 8.40. The average Bonchev–Trinajstić information content (AvgIpc) is 2.37. The zero-order valence-electron chi connectivity index (χ0n) is 6.51. The minimum atomic E-state index is -4.43. The van der Waals surface area contributed by atoms with Crippen LogP contribution in [-0.2, 0) is 10.2 Å². The molecule has 0 unspecified atom stereocenters. The Morgan fingerprint density at radius 2 is 1.75 bits per heavy atom. The molecule has 2 rings (SSSR count). The van der Waals surface area contributed by atoms with Crippen molar-refractivity contribution >= 4 is 10.2 Å². The Morgan fingerprint density at radius 1 is 1.25 bits per heavy atom. The molecule has 0 aromatic rings. The van der Waals surface area contributed by atoms with E-state index in [4.69, 9.17) is 0 Å². The van der Waals surface area contributed by atoms with Gasteiger partial charge in [-0.2, -0.15) is 8.42 Å². The smallest absolute Gasteiger partial charge is 0.311 e. The summed E-state index contributed by atoms with van der Waals surface area (Å²) in [5, 5.41) is 5.82. The highest BCUT2D eigenvalue weighted by atomic mass is 32.3. The lowest BCUT2D eigenvalue weighted by molar-refractivity contribution is 0.468. The van der Waals surface area contributed by atoms with Crippen LogP contribution >= 0.6 is 0 Å². The van der Waals surface area contributed by atoms with Crippen molar-refractivity contribution in [1.29, 1.82) is 0 Å². The molecule has 2 N–H and O–H groups in total. The Hall–Kier alpha value is -0.200. The minimum Gasteiger partial charge on any atom is -0.315 e. The Kier molecular flexibility index (Phi) is 1.68. The summed E-state index contributed by atoms with van der Waals surface area (Å²) in [5.74, 6) is -0.104. The van der Waals surface area contributed by atoms with Crippen molar-refractivity contribution in [3.63, 3.8) is 0 Å². The van der Waals surface area contributed by atoms with Crippen LogP contribution in [0.4, 0.5) is 3.89 Å². The molecule has 0 radical (unpaired) electrons. The summed E-state index contributed by atoms with van der Waals surface area (Å²) >= 11 is 0. The zero-order valence-corrected chi connectivity index (χ0v) is 7.32. The largest absolute Gasteiger partial charge is 0.315 e. The summed E-state index contributed by atoms with van der Waals surface area (Å²) in [6.45, 7) is 1.67. The van der Waals surface area contributed by atoms with Crippen molar-refractivity contribution in [2.75, 3.05) is 26.2 Å². The van der Waals surface area contributed by atoms with Gasteiger partial charge in [0.15, 0.2) is 0 Å². The second-order valence-electron chi connectivity index (χ2n) is 3.46. The van der Waals surface area contributed by atoms with Gasteiger partial charge in [-0.1, -0.05) is 0 Å². The fraction of sp³-hybridized carbons (Fsp3) is 1.00. The van der Waals surface area contributed by atoms with E-state index in [9.17, 15) is 12.3 Å². The lowest BCUT2D eigenvalue weighted by Crippen LogP contribution is -2.44. The van der Waals surface area contributed by atoms with Gasteiger partial charge in [0, 0.05) is 32.1 Å². The molecule has 2 heterocycles. The average molecular weight is 194 g/mol. The van der Waals surface area contributed by atoms with Crippen LogP contribution in [0.3, 0.4) is 0 Å². The number of rotatable bonds is 1. The Labute approximate surface area is 70.7 Å². The van der Waals surface area contributed by atoms with Crippen molar-refractivity contribution in [2.24, 2.45) is 5.92 Å². The van der Waals surface area contributed by atoms with Gasteiger partial charge >= 0.3 is 10.2 Å². The van der Waals surface area contributed by atoms with Gasteiger partial charge in [0.05, 0.1) is 0 Å². The Morgan fingerprint density at radius 3 is 2.08 bits per heavy atom. The molecule has 0 aromatic carbocycles. The van der Waals surface area contributed by atoms with Crippen molar-refractivity contribution in [3.8, 4) is 0 Å². The number of halogens is 1. The van der Waals surface area contributed by atoms with E-state index >= 15 is 0 Å². The Balaban J connectivity index is 2.41. The molecule has 2 aliphatic heterocycles. The standard InChI is InChI=1S/C6H11FN2O2S/c7-12(10,11)6-3-8-1-5(6)2-9-4-6/h5,8-9H,1-4H2. The van der Waals surface area contributed by atoms with Gasteiger partial charge in [0.2, 0.25) is 0 Å². The van der Waals surface area contributed by atoms with Crippen LogP contribution in [0, 0.1) is 5.92 Å². The van der Waals surface area contributed by atoms with E-state index in [1.165, 1.54) is 0 Å². The summed E-state index contributed by atoms with van der Waals surface area (Å²) in [5.41, 5.74) is 0. The summed E-state index contributed by atoms with van der Waals surface area (Å²) < 4.78 is 33.5. The van der Waals surface area contributed by atoms with Crippen LogP contribution < -0.4 is 10.6 Å². The molecule has 2 aliphatic rings. The molecule has 6 heteroatoms. The molecular formula is C6H11FN2O2S. The lowest BCUT2D eigenvalue weighted by Gasteiger charge is -2.21. The van der Waals surface area contributed by atoms with Crippen molar-refractivity contribution < 1.29 is 12.3 Å². The second-order valence-corrected chi connectivity index (χ2v) is 5.15. The second kappa shape index (κ2) is 2.40. The third-order valence-corrected chi connectivity index (χ3v) is 4.45. The highest BCUT2D eigenvalue weighted by Gasteiger charge is 2.56. The molecule has 0 bridgehead atoms. The summed E-state index contributed by atoms with van der Waals surface area (Å²) in [6, 6.07) is 0. The van der Waals surface area contributed by atoms with E-state index in [2.05, 4.69) is 10.6 Å². The SMILES string of the molecule is O=S(=O)(F)C12CNCC1CNC2. The molecule has 0 aromatic heterocycles. The van der Waals surface area contributed by atoms with Crippen LogP contribution in [-0.4, -0.2) is 39.3 Å². The monoisotopic (exact) mass is 194 g/mol.